The number of aldehydes is 1. The third-order valence-corrected chi connectivity index (χ3v) is 3.18. The van der Waals surface area contributed by atoms with Gasteiger partial charge in [0.15, 0.2) is 0 Å². The molecule has 1 atom stereocenters. The van der Waals surface area contributed by atoms with Crippen LogP contribution in [0.25, 0.3) is 0 Å². The van der Waals surface area contributed by atoms with Crippen LogP contribution in [0.4, 0.5) is 0 Å². The second kappa shape index (κ2) is 5.70. The van der Waals surface area contributed by atoms with E-state index in [2.05, 4.69) is 12.1 Å². The number of carbonyl (C=O) groups is 1. The first-order valence-electron chi connectivity index (χ1n) is 6.40. The number of carbonyl (C=O) groups excluding carboxylic acids is 1. The lowest BCUT2D eigenvalue weighted by Gasteiger charge is -2.19. The summed E-state index contributed by atoms with van der Waals surface area (Å²) in [6.07, 6.45) is 0.852. The molecule has 1 unspecified atom stereocenters. The quantitative estimate of drug-likeness (QED) is 0.762. The second-order valence-electron chi connectivity index (χ2n) is 4.77. The molecule has 0 saturated heterocycles. The van der Waals surface area contributed by atoms with E-state index in [-0.39, 0.29) is 6.10 Å². The first-order chi connectivity index (χ1) is 9.11. The minimum Gasteiger partial charge on any atom is -0.485 e. The molecule has 2 aromatic rings. The van der Waals surface area contributed by atoms with Gasteiger partial charge in [0, 0.05) is 5.56 Å². The number of benzene rings is 2. The van der Waals surface area contributed by atoms with Gasteiger partial charge in [-0.1, -0.05) is 30.3 Å². The minimum atomic E-state index is -0.0133. The zero-order valence-corrected chi connectivity index (χ0v) is 11.5. The van der Waals surface area contributed by atoms with Crippen LogP contribution in [-0.2, 0) is 0 Å². The molecule has 19 heavy (non-hydrogen) atoms. The summed E-state index contributed by atoms with van der Waals surface area (Å²) >= 11 is 0. The zero-order valence-electron chi connectivity index (χ0n) is 11.5. The van der Waals surface area contributed by atoms with Crippen molar-refractivity contribution in [3.63, 3.8) is 0 Å². The molecule has 0 spiro atoms. The summed E-state index contributed by atoms with van der Waals surface area (Å²) in [6, 6.07) is 13.8. The maximum absolute atomic E-state index is 10.8. The Balaban J connectivity index is 2.27. The fourth-order valence-electron chi connectivity index (χ4n) is 2.21. The molecule has 0 aliphatic rings. The summed E-state index contributed by atoms with van der Waals surface area (Å²) in [6.45, 7) is 5.96. The number of hydrogen-bond donors (Lipinski definition) is 0. The maximum Gasteiger partial charge on any atom is 0.150 e. The molecule has 0 radical (unpaired) electrons. The van der Waals surface area contributed by atoms with Crippen LogP contribution in [0.3, 0.4) is 0 Å². The highest BCUT2D eigenvalue weighted by molar-refractivity contribution is 5.76. The van der Waals surface area contributed by atoms with Crippen molar-refractivity contribution in [2.45, 2.75) is 26.9 Å². The molecule has 0 aliphatic carbocycles. The molecule has 0 bridgehead atoms. The van der Waals surface area contributed by atoms with E-state index >= 15 is 0 Å². The van der Waals surface area contributed by atoms with E-state index in [9.17, 15) is 4.79 Å². The second-order valence-corrected chi connectivity index (χ2v) is 4.77. The fraction of sp³-hybridized carbons (Fsp3) is 0.235. The minimum absolute atomic E-state index is 0.0133. The number of rotatable bonds is 4. The summed E-state index contributed by atoms with van der Waals surface area (Å²) in [4.78, 5) is 10.8. The summed E-state index contributed by atoms with van der Waals surface area (Å²) < 4.78 is 6.05. The molecule has 2 aromatic carbocycles. The standard InChI is InChI=1S/C17H18O2/c1-12-9-15(11-18)10-13(2)17(12)19-14(3)16-7-5-4-6-8-16/h4-11,14H,1-3H3. The maximum atomic E-state index is 10.8. The van der Waals surface area contributed by atoms with Crippen molar-refractivity contribution >= 4 is 6.29 Å². The van der Waals surface area contributed by atoms with Crippen molar-refractivity contribution in [1.82, 2.24) is 0 Å². The average Bonchev–Trinajstić information content (AvgIpc) is 2.43. The van der Waals surface area contributed by atoms with Crippen LogP contribution < -0.4 is 4.74 Å². The normalized spacial score (nSPS) is 11.9. The highest BCUT2D eigenvalue weighted by Crippen LogP contribution is 2.29. The number of aryl methyl sites for hydroxylation is 2. The van der Waals surface area contributed by atoms with Crippen LogP contribution in [-0.4, -0.2) is 6.29 Å². The topological polar surface area (TPSA) is 26.3 Å². The number of hydrogen-bond acceptors (Lipinski definition) is 2. The molecule has 0 aliphatic heterocycles. The van der Waals surface area contributed by atoms with Gasteiger partial charge >= 0.3 is 0 Å². The summed E-state index contributed by atoms with van der Waals surface area (Å²) in [7, 11) is 0. The van der Waals surface area contributed by atoms with Crippen LogP contribution in [0.1, 0.15) is 40.1 Å². The van der Waals surface area contributed by atoms with Crippen LogP contribution in [0.15, 0.2) is 42.5 Å². The third kappa shape index (κ3) is 3.02. The van der Waals surface area contributed by atoms with Gasteiger partial charge in [0.1, 0.15) is 18.1 Å². The van der Waals surface area contributed by atoms with E-state index < -0.39 is 0 Å². The average molecular weight is 254 g/mol. The zero-order chi connectivity index (χ0) is 13.8. The van der Waals surface area contributed by atoms with Crippen molar-refractivity contribution in [2.24, 2.45) is 0 Å². The molecule has 0 aromatic heterocycles. The molecule has 2 rings (SSSR count). The lowest BCUT2D eigenvalue weighted by atomic mass is 10.1. The SMILES string of the molecule is Cc1cc(C=O)cc(C)c1OC(C)c1ccccc1. The van der Waals surface area contributed by atoms with Gasteiger partial charge < -0.3 is 4.74 Å². The predicted molar refractivity (Wildman–Crippen MR) is 76.8 cm³/mol. The van der Waals surface area contributed by atoms with Gasteiger partial charge in [0.25, 0.3) is 0 Å². The fourth-order valence-corrected chi connectivity index (χ4v) is 2.21. The monoisotopic (exact) mass is 254 g/mol. The molecule has 0 fully saturated rings. The van der Waals surface area contributed by atoms with Crippen LogP contribution >= 0.6 is 0 Å². The lowest BCUT2D eigenvalue weighted by Crippen LogP contribution is -2.05. The molecular weight excluding hydrogens is 236 g/mol. The molecule has 0 N–H and O–H groups in total. The van der Waals surface area contributed by atoms with Gasteiger partial charge in [0.05, 0.1) is 0 Å². The third-order valence-electron chi connectivity index (χ3n) is 3.18. The van der Waals surface area contributed by atoms with E-state index in [4.69, 9.17) is 4.74 Å². The molecule has 0 amide bonds. The Labute approximate surface area is 114 Å². The van der Waals surface area contributed by atoms with Crippen molar-refractivity contribution in [2.75, 3.05) is 0 Å². The smallest absolute Gasteiger partial charge is 0.150 e. The molecule has 0 saturated carbocycles. The Hall–Kier alpha value is -2.09. The van der Waals surface area contributed by atoms with E-state index in [1.807, 2.05) is 51.1 Å². The van der Waals surface area contributed by atoms with E-state index in [0.717, 1.165) is 28.7 Å². The van der Waals surface area contributed by atoms with Crippen LogP contribution in [0.2, 0.25) is 0 Å². The molecular formula is C17H18O2. The largest absolute Gasteiger partial charge is 0.485 e. The van der Waals surface area contributed by atoms with E-state index in [0.29, 0.717) is 5.56 Å². The summed E-state index contributed by atoms with van der Waals surface area (Å²) in [5.41, 5.74) is 3.81. The molecule has 2 heteroatoms. The number of ether oxygens (including phenoxy) is 1. The molecule has 98 valence electrons. The Kier molecular flexibility index (Phi) is 4.00. The van der Waals surface area contributed by atoms with Crippen LogP contribution in [0.5, 0.6) is 5.75 Å². The molecule has 0 heterocycles. The van der Waals surface area contributed by atoms with Gasteiger partial charge in [-0.2, -0.15) is 0 Å². The van der Waals surface area contributed by atoms with Crippen molar-refractivity contribution < 1.29 is 9.53 Å². The Morgan fingerprint density at radius 3 is 2.16 bits per heavy atom. The van der Waals surface area contributed by atoms with E-state index in [1.165, 1.54) is 0 Å². The van der Waals surface area contributed by atoms with Gasteiger partial charge in [-0.25, -0.2) is 0 Å². The first kappa shape index (κ1) is 13.3. The van der Waals surface area contributed by atoms with Crippen LogP contribution in [0, 0.1) is 13.8 Å². The lowest BCUT2D eigenvalue weighted by molar-refractivity contribution is 0.112. The first-order valence-corrected chi connectivity index (χ1v) is 6.40. The van der Waals surface area contributed by atoms with Crippen molar-refractivity contribution in [1.29, 1.82) is 0 Å². The summed E-state index contributed by atoms with van der Waals surface area (Å²) in [5.74, 6) is 0.863. The Bertz CT molecular complexity index is 550. The highest BCUT2D eigenvalue weighted by atomic mass is 16.5. The van der Waals surface area contributed by atoms with Crippen molar-refractivity contribution in [3.05, 3.63) is 64.7 Å². The Morgan fingerprint density at radius 2 is 1.63 bits per heavy atom. The Morgan fingerprint density at radius 1 is 1.05 bits per heavy atom. The van der Waals surface area contributed by atoms with Gasteiger partial charge in [-0.05, 0) is 49.6 Å². The van der Waals surface area contributed by atoms with Gasteiger partial charge in [-0.15, -0.1) is 0 Å². The highest BCUT2D eigenvalue weighted by Gasteiger charge is 2.11. The summed E-state index contributed by atoms with van der Waals surface area (Å²) in [5, 5.41) is 0. The predicted octanol–water partition coefficient (Wildman–Crippen LogP) is 4.26. The van der Waals surface area contributed by atoms with Crippen molar-refractivity contribution in [3.8, 4) is 5.75 Å². The van der Waals surface area contributed by atoms with E-state index in [1.54, 1.807) is 0 Å². The van der Waals surface area contributed by atoms with Gasteiger partial charge in [-0.3, -0.25) is 4.79 Å². The van der Waals surface area contributed by atoms with Gasteiger partial charge in [0.2, 0.25) is 0 Å². The molecule has 2 nitrogen and oxygen atoms in total.